The number of aliphatic hydroxyl groups is 2. The van der Waals surface area contributed by atoms with Gasteiger partial charge < -0.3 is 20.3 Å². The maximum absolute atomic E-state index is 11.7. The molecule has 0 aliphatic heterocycles. The minimum Gasteiger partial charge on any atom is -0.445 e. The van der Waals surface area contributed by atoms with Gasteiger partial charge in [-0.1, -0.05) is 42.5 Å². The predicted molar refractivity (Wildman–Crippen MR) is 102 cm³/mol. The number of carbonyl (C=O) groups is 1. The molecular formula is C21H22N2O4. The third-order valence-electron chi connectivity index (χ3n) is 4.29. The van der Waals surface area contributed by atoms with Crippen LogP contribution in [0.2, 0.25) is 0 Å². The van der Waals surface area contributed by atoms with Gasteiger partial charge in [0, 0.05) is 24.3 Å². The van der Waals surface area contributed by atoms with Gasteiger partial charge in [-0.05, 0) is 35.1 Å². The minimum atomic E-state index is -1.04. The van der Waals surface area contributed by atoms with E-state index in [-0.39, 0.29) is 19.6 Å². The normalized spacial score (nSPS) is 13.1. The molecule has 0 radical (unpaired) electrons. The number of aliphatic hydroxyl groups excluding tert-OH is 2. The van der Waals surface area contributed by atoms with E-state index in [0.29, 0.717) is 5.56 Å². The SMILES string of the molecule is O=C(NCCC(O)C(O)c1ccc2cnccc2c1)OCc1ccccc1. The summed E-state index contributed by atoms with van der Waals surface area (Å²) in [4.78, 5) is 15.8. The van der Waals surface area contributed by atoms with E-state index in [4.69, 9.17) is 4.74 Å². The maximum Gasteiger partial charge on any atom is 0.407 e. The summed E-state index contributed by atoms with van der Waals surface area (Å²) in [6.07, 6.45) is 1.03. The second-order valence-electron chi connectivity index (χ2n) is 6.27. The lowest BCUT2D eigenvalue weighted by Crippen LogP contribution is -2.29. The van der Waals surface area contributed by atoms with Crippen molar-refractivity contribution in [1.29, 1.82) is 0 Å². The van der Waals surface area contributed by atoms with E-state index >= 15 is 0 Å². The zero-order valence-electron chi connectivity index (χ0n) is 14.8. The quantitative estimate of drug-likeness (QED) is 0.598. The van der Waals surface area contributed by atoms with Gasteiger partial charge in [0.15, 0.2) is 0 Å². The highest BCUT2D eigenvalue weighted by atomic mass is 16.5. The van der Waals surface area contributed by atoms with Gasteiger partial charge in [0.1, 0.15) is 12.7 Å². The fourth-order valence-electron chi connectivity index (χ4n) is 2.76. The highest BCUT2D eigenvalue weighted by molar-refractivity contribution is 5.82. The Morgan fingerprint density at radius 3 is 2.70 bits per heavy atom. The first kappa shape index (κ1) is 18.8. The molecule has 0 aliphatic carbocycles. The highest BCUT2D eigenvalue weighted by Crippen LogP contribution is 2.23. The van der Waals surface area contributed by atoms with Gasteiger partial charge >= 0.3 is 6.09 Å². The average Bonchev–Trinajstić information content (AvgIpc) is 2.72. The number of carbonyl (C=O) groups excluding carboxylic acids is 1. The molecule has 6 heteroatoms. The second-order valence-corrected chi connectivity index (χ2v) is 6.27. The van der Waals surface area contributed by atoms with Gasteiger partial charge in [-0.3, -0.25) is 4.98 Å². The van der Waals surface area contributed by atoms with Gasteiger partial charge in [0.05, 0.1) is 6.10 Å². The number of pyridine rings is 1. The Balaban J connectivity index is 1.45. The molecule has 3 N–H and O–H groups in total. The van der Waals surface area contributed by atoms with Crippen molar-refractivity contribution in [3.05, 3.63) is 78.1 Å². The fourth-order valence-corrected chi connectivity index (χ4v) is 2.76. The van der Waals surface area contributed by atoms with Crippen LogP contribution in [0.5, 0.6) is 0 Å². The summed E-state index contributed by atoms with van der Waals surface area (Å²) in [7, 11) is 0. The summed E-state index contributed by atoms with van der Waals surface area (Å²) < 4.78 is 5.10. The summed E-state index contributed by atoms with van der Waals surface area (Å²) in [5, 5.41) is 25.0. The molecule has 0 saturated heterocycles. The molecule has 1 aromatic heterocycles. The number of ether oxygens (including phenoxy) is 1. The molecule has 0 fully saturated rings. The van der Waals surface area contributed by atoms with E-state index in [0.717, 1.165) is 16.3 Å². The number of hydrogen-bond acceptors (Lipinski definition) is 5. The molecule has 2 atom stereocenters. The third-order valence-corrected chi connectivity index (χ3v) is 4.29. The molecule has 0 spiro atoms. The maximum atomic E-state index is 11.7. The first-order valence-electron chi connectivity index (χ1n) is 8.78. The van der Waals surface area contributed by atoms with Crippen molar-refractivity contribution in [2.45, 2.75) is 25.2 Å². The Hall–Kier alpha value is -2.96. The summed E-state index contributed by atoms with van der Waals surface area (Å²) in [6.45, 7) is 0.382. The molecule has 1 heterocycles. The first-order chi connectivity index (χ1) is 13.1. The second kappa shape index (κ2) is 9.12. The van der Waals surface area contributed by atoms with Crippen LogP contribution in [0.3, 0.4) is 0 Å². The minimum absolute atomic E-state index is 0.184. The fraction of sp³-hybridized carbons (Fsp3) is 0.238. The third kappa shape index (κ3) is 5.26. The zero-order chi connectivity index (χ0) is 19.1. The van der Waals surface area contributed by atoms with Crippen LogP contribution < -0.4 is 5.32 Å². The summed E-state index contributed by atoms with van der Waals surface area (Å²) >= 11 is 0. The zero-order valence-corrected chi connectivity index (χ0v) is 14.8. The topological polar surface area (TPSA) is 91.7 Å². The molecule has 0 aliphatic rings. The number of nitrogens with one attached hydrogen (secondary N) is 1. The molecule has 140 valence electrons. The molecule has 1 amide bonds. The Labute approximate surface area is 157 Å². The van der Waals surface area contributed by atoms with Crippen LogP contribution in [-0.4, -0.2) is 33.9 Å². The van der Waals surface area contributed by atoms with Crippen molar-refractivity contribution in [3.63, 3.8) is 0 Å². The first-order valence-corrected chi connectivity index (χ1v) is 8.78. The molecule has 0 saturated carbocycles. The summed E-state index contributed by atoms with van der Waals surface area (Å²) in [5.41, 5.74) is 1.52. The van der Waals surface area contributed by atoms with E-state index in [9.17, 15) is 15.0 Å². The van der Waals surface area contributed by atoms with Gasteiger partial charge in [-0.25, -0.2) is 4.79 Å². The lowest BCUT2D eigenvalue weighted by atomic mass is 9.99. The molecular weight excluding hydrogens is 344 g/mol. The Kier molecular flexibility index (Phi) is 6.35. The smallest absolute Gasteiger partial charge is 0.407 e. The van der Waals surface area contributed by atoms with Crippen molar-refractivity contribution >= 4 is 16.9 Å². The van der Waals surface area contributed by atoms with Crippen molar-refractivity contribution in [2.24, 2.45) is 0 Å². The van der Waals surface area contributed by atoms with Gasteiger partial charge in [0.2, 0.25) is 0 Å². The molecule has 2 aromatic carbocycles. The number of fused-ring (bicyclic) bond motifs is 1. The summed E-state index contributed by atoms with van der Waals surface area (Å²) in [5.74, 6) is 0. The number of aromatic nitrogens is 1. The van der Waals surface area contributed by atoms with Crippen LogP contribution in [0, 0.1) is 0 Å². The number of hydrogen-bond donors (Lipinski definition) is 3. The number of alkyl carbamates (subject to hydrolysis) is 1. The Bertz CT molecular complexity index is 885. The molecule has 3 rings (SSSR count). The number of benzene rings is 2. The Morgan fingerprint density at radius 2 is 1.89 bits per heavy atom. The van der Waals surface area contributed by atoms with Crippen molar-refractivity contribution in [3.8, 4) is 0 Å². The molecule has 27 heavy (non-hydrogen) atoms. The molecule has 6 nitrogen and oxygen atoms in total. The van der Waals surface area contributed by atoms with Gasteiger partial charge in [0.25, 0.3) is 0 Å². The van der Waals surface area contributed by atoms with E-state index in [2.05, 4.69) is 10.3 Å². The van der Waals surface area contributed by atoms with Crippen LogP contribution in [0.15, 0.2) is 67.0 Å². The van der Waals surface area contributed by atoms with Crippen LogP contribution >= 0.6 is 0 Å². The predicted octanol–water partition coefficient (Wildman–Crippen LogP) is 2.95. The van der Waals surface area contributed by atoms with E-state index in [1.807, 2.05) is 48.5 Å². The van der Waals surface area contributed by atoms with Gasteiger partial charge in [-0.2, -0.15) is 0 Å². The van der Waals surface area contributed by atoms with E-state index in [1.54, 1.807) is 18.5 Å². The van der Waals surface area contributed by atoms with Crippen LogP contribution in [0.25, 0.3) is 10.8 Å². The van der Waals surface area contributed by atoms with Crippen LogP contribution in [-0.2, 0) is 11.3 Å². The molecule has 0 bridgehead atoms. The molecule has 3 aromatic rings. The average molecular weight is 366 g/mol. The van der Waals surface area contributed by atoms with Crippen molar-refractivity contribution in [2.75, 3.05) is 6.54 Å². The Morgan fingerprint density at radius 1 is 1.07 bits per heavy atom. The largest absolute Gasteiger partial charge is 0.445 e. The van der Waals surface area contributed by atoms with E-state index < -0.39 is 18.3 Å². The van der Waals surface area contributed by atoms with Crippen molar-refractivity contribution in [1.82, 2.24) is 10.3 Å². The van der Waals surface area contributed by atoms with E-state index in [1.165, 1.54) is 0 Å². The number of rotatable bonds is 7. The van der Waals surface area contributed by atoms with Crippen molar-refractivity contribution < 1.29 is 19.7 Å². The van der Waals surface area contributed by atoms with Gasteiger partial charge in [-0.15, -0.1) is 0 Å². The highest BCUT2D eigenvalue weighted by Gasteiger charge is 2.18. The monoisotopic (exact) mass is 366 g/mol. The van der Waals surface area contributed by atoms with Crippen LogP contribution in [0.4, 0.5) is 4.79 Å². The van der Waals surface area contributed by atoms with Crippen LogP contribution in [0.1, 0.15) is 23.7 Å². The lowest BCUT2D eigenvalue weighted by molar-refractivity contribution is 0.0137. The number of amides is 1. The standard InChI is InChI=1S/C21H22N2O4/c24-19(9-11-23-21(26)27-14-15-4-2-1-3-5-15)20(25)17-6-7-18-13-22-10-8-16(18)12-17/h1-8,10,12-13,19-20,24-25H,9,11,14H2,(H,23,26). The molecule has 2 unspecified atom stereocenters. The lowest BCUT2D eigenvalue weighted by Gasteiger charge is -2.19. The summed E-state index contributed by atoms with van der Waals surface area (Å²) in [6, 6.07) is 16.7. The number of nitrogens with zero attached hydrogens (tertiary/aromatic N) is 1.